The maximum Gasteiger partial charge on any atom is 0.324 e. The van der Waals surface area contributed by atoms with Crippen molar-refractivity contribution < 1.29 is 28.5 Å². The van der Waals surface area contributed by atoms with Crippen molar-refractivity contribution in [3.05, 3.63) is 59.3 Å². The Bertz CT molecular complexity index is 1250. The number of rotatable bonds is 8. The van der Waals surface area contributed by atoms with Gasteiger partial charge in [0.2, 0.25) is 0 Å². The van der Waals surface area contributed by atoms with Crippen LogP contribution in [0, 0.1) is 11.6 Å². The van der Waals surface area contributed by atoms with Crippen LogP contribution in [0.3, 0.4) is 0 Å². The van der Waals surface area contributed by atoms with Crippen molar-refractivity contribution in [1.82, 2.24) is 20.2 Å². The van der Waals surface area contributed by atoms with E-state index in [9.17, 15) is 13.9 Å². The summed E-state index contributed by atoms with van der Waals surface area (Å²) in [6, 6.07) is 7.79. The molecule has 3 N–H and O–H groups in total. The largest absolute Gasteiger partial charge is 0.493 e. The average molecular weight is 463 g/mol. The van der Waals surface area contributed by atoms with E-state index in [2.05, 4.69) is 20.2 Å². The van der Waals surface area contributed by atoms with Gasteiger partial charge in [-0.25, -0.2) is 13.8 Å². The lowest BCUT2D eigenvalue weighted by atomic mass is 10.1. The molecule has 2 heterocycles. The maximum atomic E-state index is 13.8. The molecule has 1 atom stereocenters. The number of benzene rings is 2. The van der Waals surface area contributed by atoms with E-state index >= 15 is 0 Å². The molecule has 0 fully saturated rings. The number of ether oxygens (including phenoxy) is 2. The molecule has 0 aliphatic carbocycles. The highest BCUT2D eigenvalue weighted by atomic mass is 35.5. The topological polar surface area (TPSA) is 113 Å². The highest BCUT2D eigenvalue weighted by Gasteiger charge is 2.16. The highest BCUT2D eigenvalue weighted by molar-refractivity contribution is 6.33. The van der Waals surface area contributed by atoms with E-state index in [1.807, 2.05) is 0 Å². The minimum absolute atomic E-state index is 0.141. The first-order valence-corrected chi connectivity index (χ1v) is 9.88. The van der Waals surface area contributed by atoms with Crippen molar-refractivity contribution in [2.75, 3.05) is 13.2 Å². The predicted octanol–water partition coefficient (Wildman–Crippen LogP) is 3.87. The lowest BCUT2D eigenvalue weighted by molar-refractivity contribution is 0.0754. The van der Waals surface area contributed by atoms with Crippen LogP contribution >= 0.6 is 11.6 Å². The van der Waals surface area contributed by atoms with Gasteiger partial charge in [0, 0.05) is 24.2 Å². The zero-order valence-electron chi connectivity index (χ0n) is 16.4. The van der Waals surface area contributed by atoms with Crippen LogP contribution in [-0.2, 0) is 0 Å². The third kappa shape index (κ3) is 4.77. The number of halogens is 3. The monoisotopic (exact) mass is 462 g/mol. The second-order valence-corrected chi connectivity index (χ2v) is 7.19. The summed E-state index contributed by atoms with van der Waals surface area (Å²) in [4.78, 5) is 8.24. The number of nitrogens with one attached hydrogen (secondary N) is 1. The molecule has 2 aromatic heterocycles. The summed E-state index contributed by atoms with van der Waals surface area (Å²) in [6.45, 7) is -0.114. The molecule has 0 saturated carbocycles. The molecule has 0 bridgehead atoms. The van der Waals surface area contributed by atoms with Gasteiger partial charge in [-0.05, 0) is 30.3 Å². The van der Waals surface area contributed by atoms with Crippen LogP contribution in [0.15, 0.2) is 42.6 Å². The smallest absolute Gasteiger partial charge is 0.324 e. The molecule has 11 heteroatoms. The molecule has 4 aromatic rings. The Morgan fingerprint density at radius 2 is 2.00 bits per heavy atom. The third-order valence-electron chi connectivity index (χ3n) is 4.52. The van der Waals surface area contributed by atoms with Gasteiger partial charge in [-0.15, -0.1) is 0 Å². The number of hydrogen-bond acceptors (Lipinski definition) is 7. The summed E-state index contributed by atoms with van der Waals surface area (Å²) < 4.78 is 37.7. The number of aromatic nitrogens is 4. The first kappa shape index (κ1) is 21.9. The van der Waals surface area contributed by atoms with Crippen molar-refractivity contribution in [2.24, 2.45) is 0 Å². The Morgan fingerprint density at radius 3 is 2.75 bits per heavy atom. The summed E-state index contributed by atoms with van der Waals surface area (Å²) in [6.07, 6.45) is 0.895. The second-order valence-electron chi connectivity index (χ2n) is 6.78. The zero-order chi connectivity index (χ0) is 22.7. The Morgan fingerprint density at radius 1 is 1.16 bits per heavy atom. The maximum absolute atomic E-state index is 13.8. The van der Waals surface area contributed by atoms with E-state index < -0.39 is 17.7 Å². The molecule has 4 rings (SSSR count). The Hall–Kier alpha value is -3.34. The molecular formula is C21H17ClF2N4O4. The van der Waals surface area contributed by atoms with E-state index in [-0.39, 0.29) is 31.4 Å². The van der Waals surface area contributed by atoms with Gasteiger partial charge in [-0.2, -0.15) is 10.1 Å². The highest BCUT2D eigenvalue weighted by Crippen LogP contribution is 2.34. The molecule has 0 aliphatic rings. The van der Waals surface area contributed by atoms with E-state index in [4.69, 9.17) is 26.2 Å². The van der Waals surface area contributed by atoms with E-state index in [0.717, 1.165) is 12.1 Å². The number of aliphatic hydroxyl groups excluding tert-OH is 2. The first-order chi connectivity index (χ1) is 15.4. The number of aromatic amines is 1. The van der Waals surface area contributed by atoms with Crippen molar-refractivity contribution in [2.45, 2.75) is 12.5 Å². The Labute approximate surface area is 185 Å². The van der Waals surface area contributed by atoms with E-state index in [1.165, 1.54) is 6.20 Å². The second kappa shape index (κ2) is 9.43. The average Bonchev–Trinajstić information content (AvgIpc) is 3.18. The number of nitrogens with zero attached hydrogens (tertiary/aromatic N) is 3. The van der Waals surface area contributed by atoms with Crippen molar-refractivity contribution in [3.8, 4) is 28.8 Å². The minimum atomic E-state index is -0.876. The van der Waals surface area contributed by atoms with Gasteiger partial charge in [0.1, 0.15) is 17.3 Å². The van der Waals surface area contributed by atoms with Gasteiger partial charge in [-0.1, -0.05) is 11.6 Å². The minimum Gasteiger partial charge on any atom is -0.493 e. The van der Waals surface area contributed by atoms with Gasteiger partial charge < -0.3 is 19.7 Å². The van der Waals surface area contributed by atoms with Crippen molar-refractivity contribution in [3.63, 3.8) is 0 Å². The predicted molar refractivity (Wildman–Crippen MR) is 112 cm³/mol. The van der Waals surface area contributed by atoms with Gasteiger partial charge >= 0.3 is 6.01 Å². The molecule has 1 unspecified atom stereocenters. The molecule has 166 valence electrons. The molecule has 2 aromatic carbocycles. The van der Waals surface area contributed by atoms with Gasteiger partial charge in [0.25, 0.3) is 0 Å². The van der Waals surface area contributed by atoms with Crippen molar-refractivity contribution >= 4 is 22.6 Å². The first-order valence-electron chi connectivity index (χ1n) is 9.50. The summed E-state index contributed by atoms with van der Waals surface area (Å²) in [5.74, 6) is -1.31. The number of H-pyrrole nitrogens is 1. The van der Waals surface area contributed by atoms with Gasteiger partial charge in [-0.3, -0.25) is 5.10 Å². The van der Waals surface area contributed by atoms with E-state index in [0.29, 0.717) is 39.1 Å². The molecule has 32 heavy (non-hydrogen) atoms. The Balaban J connectivity index is 1.53. The SMILES string of the molecule is OCC(O)CCOc1ccc(-c2n[nH]c3nc(Oc4ccc(F)cc4F)ncc23)c(Cl)c1. The summed E-state index contributed by atoms with van der Waals surface area (Å²) in [5.41, 5.74) is 1.43. The normalized spacial score (nSPS) is 12.2. The molecule has 0 radical (unpaired) electrons. The Kier molecular flexibility index (Phi) is 6.45. The van der Waals surface area contributed by atoms with Gasteiger partial charge in [0.15, 0.2) is 17.2 Å². The summed E-state index contributed by atoms with van der Waals surface area (Å²) >= 11 is 6.40. The molecule has 0 aliphatic heterocycles. The number of fused-ring (bicyclic) bond motifs is 1. The summed E-state index contributed by atoms with van der Waals surface area (Å²) in [7, 11) is 0. The fraction of sp³-hybridized carbons (Fsp3) is 0.190. The standard InChI is InChI=1S/C21H17ClF2N4O4/c22-16-8-13(31-6-5-12(30)10-29)2-3-14(16)19-15-9-25-21(26-20(15)28-27-19)32-18-4-1-11(23)7-17(18)24/h1-4,7-9,12,29-30H,5-6,10H2,(H,25,26,27,28). The van der Waals surface area contributed by atoms with Crippen LogP contribution in [0.2, 0.25) is 5.02 Å². The lowest BCUT2D eigenvalue weighted by Crippen LogP contribution is -2.15. The van der Waals surface area contributed by atoms with Gasteiger partial charge in [0.05, 0.1) is 29.7 Å². The van der Waals surface area contributed by atoms with Crippen LogP contribution < -0.4 is 9.47 Å². The summed E-state index contributed by atoms with van der Waals surface area (Å²) in [5, 5.41) is 26.1. The van der Waals surface area contributed by atoms with Crippen LogP contribution in [0.25, 0.3) is 22.3 Å². The third-order valence-corrected chi connectivity index (χ3v) is 4.83. The molecule has 0 spiro atoms. The number of hydrogen-bond donors (Lipinski definition) is 3. The van der Waals surface area contributed by atoms with Crippen LogP contribution in [0.5, 0.6) is 17.5 Å². The molecule has 0 amide bonds. The fourth-order valence-corrected chi connectivity index (χ4v) is 3.15. The van der Waals surface area contributed by atoms with E-state index in [1.54, 1.807) is 18.2 Å². The van der Waals surface area contributed by atoms with Crippen LogP contribution in [0.4, 0.5) is 8.78 Å². The fourth-order valence-electron chi connectivity index (χ4n) is 2.89. The quantitative estimate of drug-likeness (QED) is 0.364. The van der Waals surface area contributed by atoms with Crippen LogP contribution in [0.1, 0.15) is 6.42 Å². The van der Waals surface area contributed by atoms with Crippen molar-refractivity contribution in [1.29, 1.82) is 0 Å². The molecule has 8 nitrogen and oxygen atoms in total. The van der Waals surface area contributed by atoms with Crippen LogP contribution in [-0.4, -0.2) is 49.7 Å². The lowest BCUT2D eigenvalue weighted by Gasteiger charge is -2.10. The number of aliphatic hydroxyl groups is 2. The molecular weight excluding hydrogens is 446 g/mol. The zero-order valence-corrected chi connectivity index (χ0v) is 17.2. The molecule has 0 saturated heterocycles.